The lowest BCUT2D eigenvalue weighted by Gasteiger charge is -2.37. The Kier molecular flexibility index (Phi) is 6.18. The second kappa shape index (κ2) is 8.55. The van der Waals surface area contributed by atoms with Crippen LogP contribution in [0.15, 0.2) is 24.3 Å². The van der Waals surface area contributed by atoms with Crippen molar-refractivity contribution in [1.29, 1.82) is 0 Å². The summed E-state index contributed by atoms with van der Waals surface area (Å²) in [7, 11) is 0. The van der Waals surface area contributed by atoms with E-state index >= 15 is 0 Å². The van der Waals surface area contributed by atoms with Crippen molar-refractivity contribution in [3.8, 4) is 0 Å². The second-order valence-electron chi connectivity index (χ2n) is 6.45. The van der Waals surface area contributed by atoms with Crippen molar-refractivity contribution in [3.05, 3.63) is 35.6 Å². The van der Waals surface area contributed by atoms with Crippen LogP contribution in [-0.4, -0.2) is 62.9 Å². The van der Waals surface area contributed by atoms with Crippen LogP contribution < -0.4 is 5.32 Å². The van der Waals surface area contributed by atoms with Crippen LogP contribution in [0.5, 0.6) is 0 Å². The molecular weight excluding hydrogens is 311 g/mol. The fourth-order valence-electron chi connectivity index (χ4n) is 3.43. The number of benzene rings is 1. The smallest absolute Gasteiger partial charge is 0.224 e. The van der Waals surface area contributed by atoms with Gasteiger partial charge in [-0.3, -0.25) is 9.69 Å². The number of nitrogens with zero attached hydrogens (tertiary/aromatic N) is 1. The highest BCUT2D eigenvalue weighted by atomic mass is 19.1. The highest BCUT2D eigenvalue weighted by molar-refractivity contribution is 5.78. The van der Waals surface area contributed by atoms with Crippen LogP contribution in [0.4, 0.5) is 4.39 Å². The molecule has 0 spiro atoms. The Morgan fingerprint density at radius 3 is 2.62 bits per heavy atom. The summed E-state index contributed by atoms with van der Waals surface area (Å²) in [5, 5.41) is 3.05. The first-order valence-corrected chi connectivity index (χ1v) is 8.63. The van der Waals surface area contributed by atoms with E-state index in [0.29, 0.717) is 12.5 Å². The minimum atomic E-state index is -0.284. The molecule has 24 heavy (non-hydrogen) atoms. The first kappa shape index (κ1) is 17.3. The van der Waals surface area contributed by atoms with Gasteiger partial charge in [0.15, 0.2) is 0 Å². The van der Waals surface area contributed by atoms with Crippen LogP contribution in [0.3, 0.4) is 0 Å². The summed E-state index contributed by atoms with van der Waals surface area (Å²) in [5.74, 6) is 0.140. The van der Waals surface area contributed by atoms with Gasteiger partial charge < -0.3 is 14.8 Å². The average Bonchev–Trinajstić information content (AvgIpc) is 3.12. The number of ether oxygens (including phenoxy) is 2. The van der Waals surface area contributed by atoms with Gasteiger partial charge in [-0.1, -0.05) is 12.1 Å². The number of rotatable bonds is 6. The van der Waals surface area contributed by atoms with Gasteiger partial charge in [-0.05, 0) is 24.1 Å². The topological polar surface area (TPSA) is 50.8 Å². The van der Waals surface area contributed by atoms with E-state index in [2.05, 4.69) is 10.2 Å². The van der Waals surface area contributed by atoms with Gasteiger partial charge in [-0.15, -0.1) is 0 Å². The molecule has 0 unspecified atom stereocenters. The van der Waals surface area contributed by atoms with Gasteiger partial charge in [0.25, 0.3) is 0 Å². The molecule has 132 valence electrons. The normalized spacial score (nSPS) is 23.1. The molecule has 1 aromatic carbocycles. The molecule has 1 amide bonds. The minimum Gasteiger partial charge on any atom is -0.381 e. The maximum Gasteiger partial charge on any atom is 0.224 e. The number of amides is 1. The highest BCUT2D eigenvalue weighted by Gasteiger charge is 2.31. The lowest BCUT2D eigenvalue weighted by Crippen LogP contribution is -2.52. The molecule has 0 aliphatic carbocycles. The van der Waals surface area contributed by atoms with E-state index in [1.165, 1.54) is 12.1 Å². The molecular formula is C18H25FN2O3. The molecule has 0 radical (unpaired) electrons. The van der Waals surface area contributed by atoms with Gasteiger partial charge in [0, 0.05) is 38.2 Å². The van der Waals surface area contributed by atoms with Crippen molar-refractivity contribution in [2.45, 2.75) is 18.9 Å². The zero-order valence-corrected chi connectivity index (χ0v) is 13.9. The predicted molar refractivity (Wildman–Crippen MR) is 88.2 cm³/mol. The van der Waals surface area contributed by atoms with Crippen LogP contribution in [0, 0.1) is 11.7 Å². The SMILES string of the molecule is O=C(Cc1ccc(F)cc1)NC[C@@H]([C@H]1CCOC1)N1CCOCC1. The number of carbonyl (C=O) groups excluding carboxylic acids is 1. The van der Waals surface area contributed by atoms with Gasteiger partial charge in [-0.2, -0.15) is 0 Å². The Morgan fingerprint density at radius 1 is 1.21 bits per heavy atom. The van der Waals surface area contributed by atoms with E-state index in [4.69, 9.17) is 9.47 Å². The van der Waals surface area contributed by atoms with Crippen molar-refractivity contribution in [2.24, 2.45) is 5.92 Å². The molecule has 2 heterocycles. The molecule has 5 nitrogen and oxygen atoms in total. The van der Waals surface area contributed by atoms with Gasteiger partial charge in [0.2, 0.25) is 5.91 Å². The molecule has 2 aliphatic heterocycles. The van der Waals surface area contributed by atoms with E-state index in [1.54, 1.807) is 12.1 Å². The third kappa shape index (κ3) is 4.75. The number of carbonyl (C=O) groups is 1. The van der Waals surface area contributed by atoms with Crippen LogP contribution in [0.1, 0.15) is 12.0 Å². The maximum absolute atomic E-state index is 12.9. The Morgan fingerprint density at radius 2 is 1.96 bits per heavy atom. The third-order valence-electron chi connectivity index (χ3n) is 4.81. The van der Waals surface area contributed by atoms with E-state index in [1.807, 2.05) is 0 Å². The molecule has 1 N–H and O–H groups in total. The van der Waals surface area contributed by atoms with Gasteiger partial charge >= 0.3 is 0 Å². The molecule has 0 aromatic heterocycles. The molecule has 3 rings (SSSR count). The van der Waals surface area contributed by atoms with E-state index in [-0.39, 0.29) is 24.2 Å². The maximum atomic E-state index is 12.9. The number of hydrogen-bond acceptors (Lipinski definition) is 4. The zero-order valence-electron chi connectivity index (χ0n) is 13.9. The Hall–Kier alpha value is -1.50. The lowest BCUT2D eigenvalue weighted by atomic mass is 9.96. The predicted octanol–water partition coefficient (Wildman–Crippen LogP) is 1.22. The molecule has 2 atom stereocenters. The largest absolute Gasteiger partial charge is 0.381 e. The van der Waals surface area contributed by atoms with Crippen molar-refractivity contribution >= 4 is 5.91 Å². The first-order valence-electron chi connectivity index (χ1n) is 8.63. The molecule has 0 saturated carbocycles. The zero-order chi connectivity index (χ0) is 16.8. The molecule has 2 saturated heterocycles. The van der Waals surface area contributed by atoms with Crippen molar-refractivity contribution in [1.82, 2.24) is 10.2 Å². The fraction of sp³-hybridized carbons (Fsp3) is 0.611. The Labute approximate surface area is 142 Å². The van der Waals surface area contributed by atoms with Crippen LogP contribution >= 0.6 is 0 Å². The summed E-state index contributed by atoms with van der Waals surface area (Å²) in [5.41, 5.74) is 0.820. The average molecular weight is 336 g/mol. The number of nitrogens with one attached hydrogen (secondary N) is 1. The van der Waals surface area contributed by atoms with E-state index in [9.17, 15) is 9.18 Å². The number of morpholine rings is 1. The molecule has 2 fully saturated rings. The summed E-state index contributed by atoms with van der Waals surface area (Å²) in [4.78, 5) is 14.6. The highest BCUT2D eigenvalue weighted by Crippen LogP contribution is 2.21. The molecule has 1 aromatic rings. The summed E-state index contributed by atoms with van der Waals surface area (Å²) >= 11 is 0. The quantitative estimate of drug-likeness (QED) is 0.849. The van der Waals surface area contributed by atoms with E-state index < -0.39 is 0 Å². The minimum absolute atomic E-state index is 0.0289. The van der Waals surface area contributed by atoms with Crippen molar-refractivity contribution < 1.29 is 18.7 Å². The summed E-state index contributed by atoms with van der Waals surface area (Å²) in [6, 6.07) is 6.36. The Bertz CT molecular complexity index is 526. The molecule has 2 aliphatic rings. The summed E-state index contributed by atoms with van der Waals surface area (Å²) in [6.07, 6.45) is 1.31. The van der Waals surface area contributed by atoms with Gasteiger partial charge in [0.1, 0.15) is 5.82 Å². The third-order valence-corrected chi connectivity index (χ3v) is 4.81. The second-order valence-corrected chi connectivity index (χ2v) is 6.45. The van der Waals surface area contributed by atoms with Crippen molar-refractivity contribution in [3.63, 3.8) is 0 Å². The monoisotopic (exact) mass is 336 g/mol. The van der Waals surface area contributed by atoms with Gasteiger partial charge in [-0.25, -0.2) is 4.39 Å². The molecule has 0 bridgehead atoms. The number of hydrogen-bond donors (Lipinski definition) is 1. The lowest BCUT2D eigenvalue weighted by molar-refractivity contribution is -0.120. The summed E-state index contributed by atoms with van der Waals surface area (Å²) < 4.78 is 23.9. The first-order chi connectivity index (χ1) is 11.7. The standard InChI is InChI=1S/C18H25FN2O3/c19-16-3-1-14(2-4-16)11-18(22)20-12-17(15-5-8-24-13-15)21-6-9-23-10-7-21/h1-4,15,17H,5-13H2,(H,20,22)/t15-,17-/m0/s1. The van der Waals surface area contributed by atoms with Crippen LogP contribution in [0.2, 0.25) is 0 Å². The number of halogens is 1. The summed E-state index contributed by atoms with van der Waals surface area (Å²) in [6.45, 7) is 5.46. The molecule has 6 heteroatoms. The van der Waals surface area contributed by atoms with E-state index in [0.717, 1.165) is 51.5 Å². The van der Waals surface area contributed by atoms with Crippen LogP contribution in [0.25, 0.3) is 0 Å². The van der Waals surface area contributed by atoms with Gasteiger partial charge in [0.05, 0.1) is 26.2 Å². The Balaban J connectivity index is 1.53. The van der Waals surface area contributed by atoms with Crippen LogP contribution in [-0.2, 0) is 20.7 Å². The fourth-order valence-corrected chi connectivity index (χ4v) is 3.43. The van der Waals surface area contributed by atoms with Crippen molar-refractivity contribution in [2.75, 3.05) is 46.1 Å².